The Kier molecular flexibility index (Phi) is 1.66. The molecule has 2 N–H and O–H groups in total. The largest absolute Gasteiger partial charge is 0.382 e. The molecule has 0 spiro atoms. The van der Waals surface area contributed by atoms with Gasteiger partial charge < -0.3 is 5.73 Å². The third-order valence-corrected chi connectivity index (χ3v) is 1.38. The SMILES string of the molecule is Cc1cc(Br)nnc1N. The lowest BCUT2D eigenvalue weighted by atomic mass is 10.3. The highest BCUT2D eigenvalue weighted by molar-refractivity contribution is 9.10. The number of halogens is 1. The van der Waals surface area contributed by atoms with Gasteiger partial charge in [-0.1, -0.05) is 0 Å². The highest BCUT2D eigenvalue weighted by Crippen LogP contribution is 2.10. The molecule has 0 aliphatic heterocycles. The molecule has 0 aliphatic rings. The van der Waals surface area contributed by atoms with E-state index in [1.165, 1.54) is 0 Å². The van der Waals surface area contributed by atoms with Crippen LogP contribution in [-0.2, 0) is 0 Å². The van der Waals surface area contributed by atoms with Gasteiger partial charge in [0.25, 0.3) is 0 Å². The van der Waals surface area contributed by atoms with Gasteiger partial charge >= 0.3 is 0 Å². The van der Waals surface area contributed by atoms with Crippen molar-refractivity contribution in [2.24, 2.45) is 0 Å². The topological polar surface area (TPSA) is 51.8 Å². The molecule has 9 heavy (non-hydrogen) atoms. The predicted molar refractivity (Wildman–Crippen MR) is 38.9 cm³/mol. The van der Waals surface area contributed by atoms with Gasteiger partial charge in [-0.25, -0.2) is 0 Å². The van der Waals surface area contributed by atoms with Crippen LogP contribution in [0.4, 0.5) is 5.82 Å². The normalized spacial score (nSPS) is 9.56. The van der Waals surface area contributed by atoms with E-state index in [9.17, 15) is 0 Å². The van der Waals surface area contributed by atoms with Gasteiger partial charge in [0, 0.05) is 0 Å². The van der Waals surface area contributed by atoms with Crippen molar-refractivity contribution in [2.45, 2.75) is 6.92 Å². The first-order valence-electron chi connectivity index (χ1n) is 2.45. The molecule has 0 aromatic carbocycles. The molecule has 0 fully saturated rings. The lowest BCUT2D eigenvalue weighted by molar-refractivity contribution is 1.00. The van der Waals surface area contributed by atoms with Crippen LogP contribution in [0.25, 0.3) is 0 Å². The van der Waals surface area contributed by atoms with Crippen molar-refractivity contribution < 1.29 is 0 Å². The number of hydrogen-bond acceptors (Lipinski definition) is 3. The number of aryl methyl sites for hydroxylation is 1. The summed E-state index contributed by atoms with van der Waals surface area (Å²) >= 11 is 3.17. The first-order chi connectivity index (χ1) is 4.20. The minimum absolute atomic E-state index is 0.484. The van der Waals surface area contributed by atoms with Gasteiger partial charge in [0.1, 0.15) is 10.4 Å². The molecule has 3 nitrogen and oxygen atoms in total. The number of rotatable bonds is 0. The number of nitrogen functional groups attached to an aromatic ring is 1. The molecule has 0 amide bonds. The summed E-state index contributed by atoms with van der Waals surface area (Å²) in [4.78, 5) is 0. The van der Waals surface area contributed by atoms with Gasteiger partial charge in [-0.15, -0.1) is 10.2 Å². The molecule has 0 aliphatic carbocycles. The van der Waals surface area contributed by atoms with Gasteiger partial charge in [-0.3, -0.25) is 0 Å². The van der Waals surface area contributed by atoms with Crippen LogP contribution in [-0.4, -0.2) is 10.2 Å². The summed E-state index contributed by atoms with van der Waals surface area (Å²) in [6.07, 6.45) is 0. The Hall–Kier alpha value is -0.640. The van der Waals surface area contributed by atoms with E-state index in [1.54, 1.807) is 0 Å². The van der Waals surface area contributed by atoms with Gasteiger partial charge in [0.15, 0.2) is 0 Å². The van der Waals surface area contributed by atoms with Crippen LogP contribution in [0.2, 0.25) is 0 Å². The van der Waals surface area contributed by atoms with E-state index in [4.69, 9.17) is 5.73 Å². The fourth-order valence-electron chi connectivity index (χ4n) is 0.462. The highest BCUT2D eigenvalue weighted by atomic mass is 79.9. The van der Waals surface area contributed by atoms with E-state index in [1.807, 2.05) is 13.0 Å². The smallest absolute Gasteiger partial charge is 0.149 e. The van der Waals surface area contributed by atoms with E-state index >= 15 is 0 Å². The van der Waals surface area contributed by atoms with Crippen LogP contribution >= 0.6 is 15.9 Å². The second-order valence-corrected chi connectivity index (χ2v) is 2.55. The van der Waals surface area contributed by atoms with Crippen LogP contribution < -0.4 is 5.73 Å². The van der Waals surface area contributed by atoms with Crippen molar-refractivity contribution in [3.8, 4) is 0 Å². The van der Waals surface area contributed by atoms with E-state index in [0.717, 1.165) is 5.56 Å². The van der Waals surface area contributed by atoms with Gasteiger partial charge in [0.05, 0.1) is 0 Å². The first-order valence-corrected chi connectivity index (χ1v) is 3.25. The quantitative estimate of drug-likeness (QED) is 0.663. The average Bonchev–Trinajstić information content (AvgIpc) is 1.80. The number of nitrogens with zero attached hydrogens (tertiary/aromatic N) is 2. The summed E-state index contributed by atoms with van der Waals surface area (Å²) in [6, 6.07) is 1.82. The number of anilines is 1. The van der Waals surface area contributed by atoms with Crippen molar-refractivity contribution in [1.29, 1.82) is 0 Å². The Balaban J connectivity index is 3.17. The third kappa shape index (κ3) is 1.38. The van der Waals surface area contributed by atoms with E-state index in [-0.39, 0.29) is 0 Å². The minimum Gasteiger partial charge on any atom is -0.382 e. The fourth-order valence-corrected chi connectivity index (χ4v) is 0.885. The Morgan fingerprint density at radius 1 is 1.56 bits per heavy atom. The Labute approximate surface area is 61.4 Å². The van der Waals surface area contributed by atoms with E-state index in [2.05, 4.69) is 26.1 Å². The second kappa shape index (κ2) is 2.31. The van der Waals surface area contributed by atoms with Gasteiger partial charge in [0.2, 0.25) is 0 Å². The molecule has 1 heterocycles. The molecule has 48 valence electrons. The molecule has 0 bridgehead atoms. The predicted octanol–water partition coefficient (Wildman–Crippen LogP) is 1.13. The number of hydrogen-bond donors (Lipinski definition) is 1. The first kappa shape index (κ1) is 6.48. The molecule has 0 radical (unpaired) electrons. The van der Waals surface area contributed by atoms with Crippen molar-refractivity contribution in [3.63, 3.8) is 0 Å². The summed E-state index contributed by atoms with van der Waals surface area (Å²) in [5, 5.41) is 7.34. The minimum atomic E-state index is 0.484. The molecular formula is C5H6BrN3. The van der Waals surface area contributed by atoms with Crippen molar-refractivity contribution in [3.05, 3.63) is 16.2 Å². The number of nitrogens with two attached hydrogens (primary N) is 1. The molecule has 1 rings (SSSR count). The zero-order chi connectivity index (χ0) is 6.85. The number of aromatic nitrogens is 2. The molecule has 0 saturated heterocycles. The molecule has 0 unspecified atom stereocenters. The average molecular weight is 188 g/mol. The van der Waals surface area contributed by atoms with Crippen LogP contribution in [0.1, 0.15) is 5.56 Å². The van der Waals surface area contributed by atoms with Gasteiger partial charge in [-0.2, -0.15) is 0 Å². The summed E-state index contributed by atoms with van der Waals surface area (Å²) in [5.74, 6) is 0.484. The Bertz CT molecular complexity index is 223. The maximum absolute atomic E-state index is 5.39. The second-order valence-electron chi connectivity index (χ2n) is 1.74. The summed E-state index contributed by atoms with van der Waals surface area (Å²) in [5.41, 5.74) is 6.34. The third-order valence-electron chi connectivity index (χ3n) is 0.993. The molecule has 0 saturated carbocycles. The zero-order valence-electron chi connectivity index (χ0n) is 4.93. The van der Waals surface area contributed by atoms with Crippen LogP contribution in [0, 0.1) is 6.92 Å². The zero-order valence-corrected chi connectivity index (χ0v) is 6.51. The maximum atomic E-state index is 5.39. The lowest BCUT2D eigenvalue weighted by Gasteiger charge is -1.94. The van der Waals surface area contributed by atoms with Crippen molar-refractivity contribution >= 4 is 21.7 Å². The highest BCUT2D eigenvalue weighted by Gasteiger charge is 1.94. The molecule has 0 atom stereocenters. The molecular weight excluding hydrogens is 182 g/mol. The molecule has 1 aromatic heterocycles. The maximum Gasteiger partial charge on any atom is 0.149 e. The summed E-state index contributed by atoms with van der Waals surface area (Å²) in [6.45, 7) is 1.88. The summed E-state index contributed by atoms with van der Waals surface area (Å²) in [7, 11) is 0. The van der Waals surface area contributed by atoms with Crippen LogP contribution in [0.3, 0.4) is 0 Å². The van der Waals surface area contributed by atoms with E-state index < -0.39 is 0 Å². The van der Waals surface area contributed by atoms with Crippen LogP contribution in [0.15, 0.2) is 10.7 Å². The summed E-state index contributed by atoms with van der Waals surface area (Å²) < 4.78 is 0.717. The monoisotopic (exact) mass is 187 g/mol. The van der Waals surface area contributed by atoms with E-state index in [0.29, 0.717) is 10.4 Å². The fraction of sp³-hybridized carbons (Fsp3) is 0.200. The molecule has 1 aromatic rings. The van der Waals surface area contributed by atoms with Crippen molar-refractivity contribution in [1.82, 2.24) is 10.2 Å². The Morgan fingerprint density at radius 2 is 2.22 bits per heavy atom. The molecule has 4 heteroatoms. The van der Waals surface area contributed by atoms with Gasteiger partial charge in [-0.05, 0) is 34.5 Å². The van der Waals surface area contributed by atoms with Crippen LogP contribution in [0.5, 0.6) is 0 Å². The Morgan fingerprint density at radius 3 is 2.67 bits per heavy atom. The van der Waals surface area contributed by atoms with Crippen molar-refractivity contribution in [2.75, 3.05) is 5.73 Å². The standard InChI is InChI=1S/C5H6BrN3/c1-3-2-4(6)8-9-5(3)7/h2H,1H3,(H2,7,9). The lowest BCUT2D eigenvalue weighted by Crippen LogP contribution is -1.95.